The monoisotopic (exact) mass is 508 g/mol. The number of nitrogens with zero attached hydrogens (tertiary/aromatic N) is 3. The molecule has 0 bridgehead atoms. The van der Waals surface area contributed by atoms with Gasteiger partial charge in [-0.1, -0.05) is 31.2 Å². The minimum absolute atomic E-state index is 0.140. The predicted molar refractivity (Wildman–Crippen MR) is 147 cm³/mol. The number of aliphatic imine (C=N–C) groups is 1. The molecule has 192 valence electrons. The number of nitrogens with two attached hydrogens (primary N) is 2. The van der Waals surface area contributed by atoms with Gasteiger partial charge in [0.05, 0.1) is 17.3 Å². The smallest absolute Gasteiger partial charge is 0.273 e. The molecule has 3 aromatic rings. The maximum atomic E-state index is 13.4. The Balaban J connectivity index is 1.53. The molecule has 0 atom stereocenters. The summed E-state index contributed by atoms with van der Waals surface area (Å²) >= 11 is 0. The zero-order valence-corrected chi connectivity index (χ0v) is 21.0. The first-order valence-corrected chi connectivity index (χ1v) is 12.1. The molecule has 0 saturated carbocycles. The van der Waals surface area contributed by atoms with Gasteiger partial charge in [0.15, 0.2) is 0 Å². The number of carbonyl (C=O) groups excluding carboxylic acids is 2. The van der Waals surface area contributed by atoms with E-state index in [4.69, 9.17) is 21.6 Å². The van der Waals surface area contributed by atoms with Crippen LogP contribution < -0.4 is 16.8 Å². The van der Waals surface area contributed by atoms with Gasteiger partial charge in [-0.15, -0.1) is 0 Å². The number of rotatable bonds is 8. The van der Waals surface area contributed by atoms with E-state index in [9.17, 15) is 9.59 Å². The van der Waals surface area contributed by atoms with Crippen molar-refractivity contribution in [3.05, 3.63) is 94.6 Å². The van der Waals surface area contributed by atoms with Crippen LogP contribution in [0, 0.1) is 11.3 Å². The minimum Gasteiger partial charge on any atom is -0.399 e. The lowest BCUT2D eigenvalue weighted by Crippen LogP contribution is -2.34. The highest BCUT2D eigenvalue weighted by molar-refractivity contribution is 6.07. The molecular weight excluding hydrogens is 480 g/mol. The van der Waals surface area contributed by atoms with E-state index in [0.29, 0.717) is 52.3 Å². The molecule has 38 heavy (non-hydrogen) atoms. The molecule has 0 aromatic heterocycles. The van der Waals surface area contributed by atoms with Gasteiger partial charge in [-0.25, -0.2) is 10.1 Å². The third-order valence-corrected chi connectivity index (χ3v) is 5.80. The summed E-state index contributed by atoms with van der Waals surface area (Å²) < 4.78 is 0. The highest BCUT2D eigenvalue weighted by Crippen LogP contribution is 2.29. The number of carbonyl (C=O) groups is 2. The van der Waals surface area contributed by atoms with Crippen LogP contribution in [-0.2, 0) is 16.2 Å². The summed E-state index contributed by atoms with van der Waals surface area (Å²) in [6.45, 7) is 2.58. The number of nitrogens with one attached hydrogen (secondary N) is 1. The van der Waals surface area contributed by atoms with E-state index in [1.807, 2.05) is 25.1 Å². The first kappa shape index (κ1) is 26.1. The summed E-state index contributed by atoms with van der Waals surface area (Å²) in [4.78, 5) is 36.6. The van der Waals surface area contributed by atoms with Gasteiger partial charge >= 0.3 is 0 Å². The summed E-state index contributed by atoms with van der Waals surface area (Å²) in [5.41, 5.74) is 16.3. The fourth-order valence-corrected chi connectivity index (χ4v) is 3.89. The molecule has 5 N–H and O–H groups in total. The van der Waals surface area contributed by atoms with Crippen molar-refractivity contribution in [3.8, 4) is 6.07 Å². The Hall–Kier alpha value is -4.94. The molecule has 0 radical (unpaired) electrons. The second kappa shape index (κ2) is 11.9. The SMILES string of the molecule is CCCN(OCc1ccc(N)cc1)C(=O)C1=Cc2ccc(C(=O)Nc3cccc(C#N)c3)cc2N=C(N)C1. The molecule has 3 aromatic carbocycles. The van der Waals surface area contributed by atoms with E-state index < -0.39 is 0 Å². The number of amidine groups is 1. The topological polar surface area (TPSA) is 147 Å². The van der Waals surface area contributed by atoms with Crippen molar-refractivity contribution in [1.82, 2.24) is 5.06 Å². The van der Waals surface area contributed by atoms with Crippen molar-refractivity contribution in [2.24, 2.45) is 10.7 Å². The molecule has 0 spiro atoms. The average Bonchev–Trinajstić information content (AvgIpc) is 3.09. The lowest BCUT2D eigenvalue weighted by Gasteiger charge is -2.22. The van der Waals surface area contributed by atoms with Crippen molar-refractivity contribution in [2.45, 2.75) is 26.4 Å². The van der Waals surface area contributed by atoms with Gasteiger partial charge in [-0.2, -0.15) is 5.26 Å². The van der Waals surface area contributed by atoms with E-state index in [0.717, 1.165) is 5.56 Å². The van der Waals surface area contributed by atoms with Gasteiger partial charge < -0.3 is 16.8 Å². The summed E-state index contributed by atoms with van der Waals surface area (Å²) in [7, 11) is 0. The Labute approximate surface area is 221 Å². The Morgan fingerprint density at radius 1 is 1.11 bits per heavy atom. The molecule has 0 aliphatic carbocycles. The van der Waals surface area contributed by atoms with E-state index in [1.54, 1.807) is 60.7 Å². The molecule has 1 heterocycles. The van der Waals surface area contributed by atoms with Crippen LogP contribution in [0.2, 0.25) is 0 Å². The van der Waals surface area contributed by atoms with Gasteiger partial charge in [0, 0.05) is 41.0 Å². The Kier molecular flexibility index (Phi) is 8.16. The molecule has 2 amide bonds. The van der Waals surface area contributed by atoms with E-state index in [1.165, 1.54) is 5.06 Å². The average molecular weight is 509 g/mol. The van der Waals surface area contributed by atoms with Crippen LogP contribution in [0.25, 0.3) is 6.08 Å². The lowest BCUT2D eigenvalue weighted by atomic mass is 10.0. The predicted octanol–water partition coefficient (Wildman–Crippen LogP) is 4.54. The first-order chi connectivity index (χ1) is 18.4. The van der Waals surface area contributed by atoms with Crippen LogP contribution >= 0.6 is 0 Å². The van der Waals surface area contributed by atoms with Crippen molar-refractivity contribution >= 4 is 40.8 Å². The molecular formula is C29H28N6O3. The van der Waals surface area contributed by atoms with Gasteiger partial charge in [0.2, 0.25) is 0 Å². The number of anilines is 2. The molecule has 0 fully saturated rings. The highest BCUT2D eigenvalue weighted by atomic mass is 16.7. The van der Waals surface area contributed by atoms with Crippen LogP contribution in [0.15, 0.2) is 77.3 Å². The Morgan fingerprint density at radius 2 is 1.89 bits per heavy atom. The minimum atomic E-state index is -0.355. The second-order valence-electron chi connectivity index (χ2n) is 8.79. The van der Waals surface area contributed by atoms with Crippen LogP contribution in [-0.4, -0.2) is 29.3 Å². The zero-order valence-electron chi connectivity index (χ0n) is 21.0. The molecule has 0 unspecified atom stereocenters. The van der Waals surface area contributed by atoms with Crippen molar-refractivity contribution in [3.63, 3.8) is 0 Å². The van der Waals surface area contributed by atoms with E-state index in [2.05, 4.69) is 10.3 Å². The summed E-state index contributed by atoms with van der Waals surface area (Å²) in [5.74, 6) is -0.406. The number of nitrogen functional groups attached to an aromatic ring is 1. The van der Waals surface area contributed by atoms with Gasteiger partial charge in [0.1, 0.15) is 12.4 Å². The van der Waals surface area contributed by atoms with Gasteiger partial charge in [0.25, 0.3) is 11.8 Å². The fourth-order valence-electron chi connectivity index (χ4n) is 3.89. The molecule has 1 aliphatic heterocycles. The van der Waals surface area contributed by atoms with Crippen molar-refractivity contribution in [2.75, 3.05) is 17.6 Å². The lowest BCUT2D eigenvalue weighted by molar-refractivity contribution is -0.187. The summed E-state index contributed by atoms with van der Waals surface area (Å²) in [6.07, 6.45) is 2.58. The van der Waals surface area contributed by atoms with Crippen LogP contribution in [0.1, 0.15) is 46.8 Å². The summed E-state index contributed by atoms with van der Waals surface area (Å²) in [6, 6.07) is 21.0. The van der Waals surface area contributed by atoms with Crippen LogP contribution in [0.4, 0.5) is 17.1 Å². The number of hydrogen-bond donors (Lipinski definition) is 3. The van der Waals surface area contributed by atoms with Gasteiger partial charge in [-0.3, -0.25) is 14.4 Å². The highest BCUT2D eigenvalue weighted by Gasteiger charge is 2.23. The number of fused-ring (bicyclic) bond motifs is 1. The fraction of sp³-hybridized carbons (Fsp3) is 0.172. The number of amides is 2. The molecule has 0 saturated heterocycles. The zero-order chi connectivity index (χ0) is 27.1. The van der Waals surface area contributed by atoms with E-state index in [-0.39, 0.29) is 30.7 Å². The number of hydroxylamine groups is 2. The molecule has 1 aliphatic rings. The Morgan fingerprint density at radius 3 is 2.63 bits per heavy atom. The summed E-state index contributed by atoms with van der Waals surface area (Å²) in [5, 5.41) is 13.2. The van der Waals surface area contributed by atoms with Crippen LogP contribution in [0.3, 0.4) is 0 Å². The maximum Gasteiger partial charge on any atom is 0.273 e. The van der Waals surface area contributed by atoms with E-state index >= 15 is 0 Å². The van der Waals surface area contributed by atoms with Crippen molar-refractivity contribution < 1.29 is 14.4 Å². The largest absolute Gasteiger partial charge is 0.399 e. The number of hydrogen-bond acceptors (Lipinski definition) is 7. The molecule has 9 heteroatoms. The first-order valence-electron chi connectivity index (χ1n) is 12.1. The number of benzene rings is 3. The third-order valence-electron chi connectivity index (χ3n) is 5.80. The normalized spacial score (nSPS) is 12.3. The second-order valence-corrected chi connectivity index (χ2v) is 8.79. The third kappa shape index (κ3) is 6.43. The van der Waals surface area contributed by atoms with Crippen molar-refractivity contribution in [1.29, 1.82) is 5.26 Å². The Bertz CT molecular complexity index is 1450. The number of nitriles is 1. The maximum absolute atomic E-state index is 13.4. The van der Waals surface area contributed by atoms with Gasteiger partial charge in [-0.05, 0) is 60.5 Å². The standard InChI is InChI=1S/C29H28N6O3/c1-2-12-35(38-18-19-6-10-24(31)11-7-19)29(37)23-14-21-8-9-22(15-26(21)34-27(32)16-23)28(36)33-25-5-3-4-20(13-25)17-30/h3-11,13-15H,2,12,16,18,31H2,1H3,(H2,32,34)(H,33,36). The molecule has 9 nitrogen and oxygen atoms in total. The molecule has 4 rings (SSSR count). The quantitative estimate of drug-likeness (QED) is 0.301. The van der Waals surface area contributed by atoms with Crippen LogP contribution in [0.5, 0.6) is 0 Å².